The predicted octanol–water partition coefficient (Wildman–Crippen LogP) is 1.36. The van der Waals surface area contributed by atoms with Gasteiger partial charge in [-0.15, -0.1) is 0 Å². The van der Waals surface area contributed by atoms with Gasteiger partial charge in [0, 0.05) is 13.1 Å². The molecule has 4 nitrogen and oxygen atoms in total. The van der Waals surface area contributed by atoms with Crippen molar-refractivity contribution in [3.05, 3.63) is 0 Å². The van der Waals surface area contributed by atoms with Gasteiger partial charge in [0.15, 0.2) is 0 Å². The molecule has 0 aliphatic carbocycles. The molecule has 3 N–H and O–H groups in total. The highest BCUT2D eigenvalue weighted by Gasteiger charge is 2.41. The molecule has 0 spiro atoms. The SMILES string of the molecule is CC(C)(C)C1CCN(C(=O)O)C1CN. The molecule has 1 amide bonds. The van der Waals surface area contributed by atoms with Gasteiger partial charge >= 0.3 is 6.09 Å². The fourth-order valence-corrected chi connectivity index (χ4v) is 2.39. The fourth-order valence-electron chi connectivity index (χ4n) is 2.39. The molecule has 0 aromatic carbocycles. The lowest BCUT2D eigenvalue weighted by Crippen LogP contribution is -2.44. The van der Waals surface area contributed by atoms with Crippen molar-refractivity contribution in [2.45, 2.75) is 33.2 Å². The number of nitrogens with zero attached hydrogens (tertiary/aromatic N) is 1. The Morgan fingerprint density at radius 1 is 1.57 bits per heavy atom. The zero-order valence-electron chi connectivity index (χ0n) is 9.16. The van der Waals surface area contributed by atoms with Crippen LogP contribution in [0.2, 0.25) is 0 Å². The highest BCUT2D eigenvalue weighted by Crippen LogP contribution is 2.37. The Morgan fingerprint density at radius 2 is 2.14 bits per heavy atom. The molecule has 4 heteroatoms. The Balaban J connectivity index is 2.79. The molecule has 0 saturated carbocycles. The number of amides is 1. The van der Waals surface area contributed by atoms with Gasteiger partial charge in [-0.2, -0.15) is 0 Å². The molecule has 1 aliphatic heterocycles. The van der Waals surface area contributed by atoms with Crippen molar-refractivity contribution in [2.75, 3.05) is 13.1 Å². The van der Waals surface area contributed by atoms with E-state index in [1.54, 1.807) is 0 Å². The van der Waals surface area contributed by atoms with Crippen LogP contribution in [0.1, 0.15) is 27.2 Å². The average Bonchev–Trinajstić information content (AvgIpc) is 2.45. The van der Waals surface area contributed by atoms with Crippen molar-refractivity contribution in [2.24, 2.45) is 17.1 Å². The first kappa shape index (κ1) is 11.3. The molecule has 14 heavy (non-hydrogen) atoms. The molecule has 2 atom stereocenters. The van der Waals surface area contributed by atoms with Gasteiger partial charge in [-0.1, -0.05) is 20.8 Å². The maximum Gasteiger partial charge on any atom is 0.407 e. The van der Waals surface area contributed by atoms with Gasteiger partial charge in [-0.05, 0) is 17.8 Å². The lowest BCUT2D eigenvalue weighted by Gasteiger charge is -2.33. The lowest BCUT2D eigenvalue weighted by atomic mass is 9.76. The number of rotatable bonds is 1. The van der Waals surface area contributed by atoms with Crippen LogP contribution in [0, 0.1) is 11.3 Å². The molecular formula is C10H20N2O2. The van der Waals surface area contributed by atoms with Crippen molar-refractivity contribution < 1.29 is 9.90 Å². The second kappa shape index (κ2) is 3.77. The van der Waals surface area contributed by atoms with Crippen LogP contribution in [-0.2, 0) is 0 Å². The van der Waals surface area contributed by atoms with Gasteiger partial charge in [-0.25, -0.2) is 4.79 Å². The first-order valence-corrected chi connectivity index (χ1v) is 5.07. The van der Waals surface area contributed by atoms with Crippen molar-refractivity contribution in [3.8, 4) is 0 Å². The highest BCUT2D eigenvalue weighted by atomic mass is 16.4. The van der Waals surface area contributed by atoms with E-state index in [0.717, 1.165) is 6.42 Å². The summed E-state index contributed by atoms with van der Waals surface area (Å²) in [5, 5.41) is 8.97. The Morgan fingerprint density at radius 3 is 2.50 bits per heavy atom. The third-order valence-corrected chi connectivity index (χ3v) is 3.15. The standard InChI is InChI=1S/C10H20N2O2/c1-10(2,3)7-4-5-12(9(13)14)8(7)6-11/h7-8H,4-6,11H2,1-3H3,(H,13,14). The normalized spacial score (nSPS) is 28.1. The quantitative estimate of drug-likeness (QED) is 0.671. The van der Waals surface area contributed by atoms with E-state index < -0.39 is 6.09 Å². The molecule has 1 heterocycles. The smallest absolute Gasteiger partial charge is 0.407 e. The van der Waals surface area contributed by atoms with E-state index in [1.165, 1.54) is 4.90 Å². The minimum absolute atomic E-state index is 0.00694. The van der Waals surface area contributed by atoms with Gasteiger partial charge in [0.2, 0.25) is 0 Å². The van der Waals surface area contributed by atoms with E-state index in [4.69, 9.17) is 10.8 Å². The zero-order valence-corrected chi connectivity index (χ0v) is 9.16. The summed E-state index contributed by atoms with van der Waals surface area (Å²) in [5.74, 6) is 0.378. The van der Waals surface area contributed by atoms with Gasteiger partial charge in [0.05, 0.1) is 6.04 Å². The Hall–Kier alpha value is -0.770. The summed E-state index contributed by atoms with van der Waals surface area (Å²) in [4.78, 5) is 12.4. The van der Waals surface area contributed by atoms with E-state index in [9.17, 15) is 4.79 Å². The van der Waals surface area contributed by atoms with Crippen LogP contribution in [0.15, 0.2) is 0 Å². The Kier molecular flexibility index (Phi) is 3.04. The molecule has 0 aromatic heterocycles. The third-order valence-electron chi connectivity index (χ3n) is 3.15. The molecule has 1 saturated heterocycles. The number of hydrogen-bond acceptors (Lipinski definition) is 2. The number of carboxylic acid groups (broad SMARTS) is 1. The molecule has 0 bridgehead atoms. The molecule has 1 fully saturated rings. The van der Waals surface area contributed by atoms with E-state index in [1.807, 2.05) is 0 Å². The molecule has 82 valence electrons. The molecule has 1 rings (SSSR count). The second-order valence-corrected chi connectivity index (χ2v) is 5.04. The number of likely N-dealkylation sites (tertiary alicyclic amines) is 1. The van der Waals surface area contributed by atoms with Crippen molar-refractivity contribution in [1.29, 1.82) is 0 Å². The number of carbonyl (C=O) groups is 1. The summed E-state index contributed by atoms with van der Waals surface area (Å²) in [6.45, 7) is 7.48. The van der Waals surface area contributed by atoms with Crippen LogP contribution in [0.25, 0.3) is 0 Å². The van der Waals surface area contributed by atoms with Gasteiger partial charge < -0.3 is 15.7 Å². The summed E-state index contributed by atoms with van der Waals surface area (Å²) in [6.07, 6.45) is 0.0877. The summed E-state index contributed by atoms with van der Waals surface area (Å²) in [5.41, 5.74) is 5.78. The van der Waals surface area contributed by atoms with Gasteiger partial charge in [0.25, 0.3) is 0 Å². The van der Waals surface area contributed by atoms with Crippen LogP contribution >= 0.6 is 0 Å². The monoisotopic (exact) mass is 200 g/mol. The average molecular weight is 200 g/mol. The summed E-state index contributed by atoms with van der Waals surface area (Å²) < 4.78 is 0. The summed E-state index contributed by atoms with van der Waals surface area (Å²) in [6, 6.07) is -0.00694. The van der Waals surface area contributed by atoms with E-state index in [-0.39, 0.29) is 11.5 Å². The van der Waals surface area contributed by atoms with Crippen LogP contribution in [0.4, 0.5) is 4.79 Å². The van der Waals surface area contributed by atoms with Gasteiger partial charge in [-0.3, -0.25) is 0 Å². The summed E-state index contributed by atoms with van der Waals surface area (Å²) in [7, 11) is 0. The minimum atomic E-state index is -0.841. The molecule has 1 aliphatic rings. The highest BCUT2D eigenvalue weighted by molar-refractivity contribution is 5.66. The van der Waals surface area contributed by atoms with E-state index in [0.29, 0.717) is 19.0 Å². The summed E-state index contributed by atoms with van der Waals surface area (Å²) >= 11 is 0. The Bertz CT molecular complexity index is 223. The van der Waals surface area contributed by atoms with Crippen LogP contribution < -0.4 is 5.73 Å². The van der Waals surface area contributed by atoms with Crippen molar-refractivity contribution in [1.82, 2.24) is 4.90 Å². The minimum Gasteiger partial charge on any atom is -0.465 e. The van der Waals surface area contributed by atoms with Crippen LogP contribution in [0.3, 0.4) is 0 Å². The predicted molar refractivity (Wildman–Crippen MR) is 55.1 cm³/mol. The molecule has 0 radical (unpaired) electrons. The van der Waals surface area contributed by atoms with Crippen molar-refractivity contribution >= 4 is 6.09 Å². The lowest BCUT2D eigenvalue weighted by molar-refractivity contribution is 0.120. The van der Waals surface area contributed by atoms with Crippen LogP contribution in [0.5, 0.6) is 0 Å². The second-order valence-electron chi connectivity index (χ2n) is 5.04. The first-order chi connectivity index (χ1) is 6.38. The number of hydrogen-bond donors (Lipinski definition) is 2. The zero-order chi connectivity index (χ0) is 10.9. The van der Waals surface area contributed by atoms with Crippen molar-refractivity contribution in [3.63, 3.8) is 0 Å². The number of nitrogens with two attached hydrogens (primary N) is 1. The molecule has 2 unspecified atom stereocenters. The largest absolute Gasteiger partial charge is 0.465 e. The van der Waals surface area contributed by atoms with Crippen LogP contribution in [-0.4, -0.2) is 35.2 Å². The van der Waals surface area contributed by atoms with E-state index >= 15 is 0 Å². The molecule has 0 aromatic rings. The molecular weight excluding hydrogens is 180 g/mol. The maximum absolute atomic E-state index is 10.9. The van der Waals surface area contributed by atoms with Gasteiger partial charge in [0.1, 0.15) is 0 Å². The third kappa shape index (κ3) is 2.00. The fraction of sp³-hybridized carbons (Fsp3) is 0.900. The maximum atomic E-state index is 10.9. The topological polar surface area (TPSA) is 66.6 Å². The first-order valence-electron chi connectivity index (χ1n) is 5.07. The van der Waals surface area contributed by atoms with E-state index in [2.05, 4.69) is 20.8 Å². The Labute approximate surface area is 85.1 Å².